The maximum atomic E-state index is 12.7. The number of ether oxygens (including phenoxy) is 3. The lowest BCUT2D eigenvalue weighted by atomic mass is 10.1. The van der Waals surface area contributed by atoms with Gasteiger partial charge in [0.15, 0.2) is 0 Å². The lowest BCUT2D eigenvalue weighted by Crippen LogP contribution is -2.36. The van der Waals surface area contributed by atoms with Crippen molar-refractivity contribution in [2.24, 2.45) is 0 Å². The number of methoxy groups -OCH3 is 1. The second-order valence-electron chi connectivity index (χ2n) is 8.57. The molecule has 2 N–H and O–H groups in total. The molecular weight excluding hydrogens is 458 g/mol. The summed E-state index contributed by atoms with van der Waals surface area (Å²) in [5, 5.41) is 6.92. The molecule has 0 spiro atoms. The summed E-state index contributed by atoms with van der Waals surface area (Å²) in [6.45, 7) is 3.52. The van der Waals surface area contributed by atoms with Crippen LogP contribution in [-0.4, -0.2) is 72.9 Å². The highest BCUT2D eigenvalue weighted by Crippen LogP contribution is 2.33. The van der Waals surface area contributed by atoms with Gasteiger partial charge in [0.2, 0.25) is 5.91 Å². The van der Waals surface area contributed by atoms with Crippen LogP contribution in [0.4, 0.5) is 17.2 Å². The Hall–Kier alpha value is -3.97. The monoisotopic (exact) mass is 485 g/mol. The number of benzene rings is 2. The van der Waals surface area contributed by atoms with Crippen molar-refractivity contribution >= 4 is 34.0 Å². The van der Waals surface area contributed by atoms with Crippen molar-refractivity contribution in [1.29, 1.82) is 0 Å². The quantitative estimate of drug-likeness (QED) is 0.390. The maximum Gasteiger partial charge on any atom is 0.248 e. The first-order chi connectivity index (χ1) is 17.6. The Kier molecular flexibility index (Phi) is 7.09. The van der Waals surface area contributed by atoms with Crippen LogP contribution in [0.5, 0.6) is 5.75 Å². The van der Waals surface area contributed by atoms with Crippen LogP contribution in [0.2, 0.25) is 0 Å². The summed E-state index contributed by atoms with van der Waals surface area (Å²) in [5.74, 6) is 3.45. The third kappa shape index (κ3) is 5.31. The van der Waals surface area contributed by atoms with E-state index in [0.717, 1.165) is 29.7 Å². The first-order valence-corrected chi connectivity index (χ1v) is 11.7. The predicted molar refractivity (Wildman–Crippen MR) is 137 cm³/mol. The van der Waals surface area contributed by atoms with Gasteiger partial charge >= 0.3 is 0 Å². The average Bonchev–Trinajstić information content (AvgIpc) is 3.31. The van der Waals surface area contributed by atoms with Crippen LogP contribution in [-0.2, 0) is 14.3 Å². The largest absolute Gasteiger partial charge is 0.494 e. The van der Waals surface area contributed by atoms with Gasteiger partial charge in [0.05, 0.1) is 43.7 Å². The van der Waals surface area contributed by atoms with E-state index in [1.54, 1.807) is 19.2 Å². The molecule has 9 heteroatoms. The average molecular weight is 486 g/mol. The van der Waals surface area contributed by atoms with E-state index in [1.807, 2.05) is 30.3 Å². The predicted octanol–water partition coefficient (Wildman–Crippen LogP) is 2.96. The number of fused-ring (bicyclic) bond motifs is 2. The van der Waals surface area contributed by atoms with Crippen LogP contribution in [0.15, 0.2) is 54.9 Å². The number of nitrogens with one attached hydrogen (secondary N) is 2. The van der Waals surface area contributed by atoms with Gasteiger partial charge in [-0.3, -0.25) is 9.69 Å². The van der Waals surface area contributed by atoms with Gasteiger partial charge in [0.1, 0.15) is 17.9 Å². The van der Waals surface area contributed by atoms with Gasteiger partial charge in [-0.15, -0.1) is 6.42 Å². The highest BCUT2D eigenvalue weighted by molar-refractivity contribution is 6.03. The van der Waals surface area contributed by atoms with Crippen LogP contribution in [0.3, 0.4) is 0 Å². The number of carbonyl (C=O) groups is 1. The van der Waals surface area contributed by atoms with E-state index >= 15 is 0 Å². The van der Waals surface area contributed by atoms with E-state index in [1.165, 1.54) is 12.4 Å². The third-order valence-corrected chi connectivity index (χ3v) is 6.18. The van der Waals surface area contributed by atoms with Crippen LogP contribution >= 0.6 is 0 Å². The Bertz CT molecular complexity index is 1320. The zero-order valence-corrected chi connectivity index (χ0v) is 19.9. The number of aromatic nitrogens is 2. The molecule has 2 aromatic carbocycles. The summed E-state index contributed by atoms with van der Waals surface area (Å²) >= 11 is 0. The molecule has 36 heavy (non-hydrogen) atoms. The van der Waals surface area contributed by atoms with E-state index in [0.29, 0.717) is 42.5 Å². The highest BCUT2D eigenvalue weighted by Gasteiger charge is 2.35. The SMILES string of the molecule is C#Cc1cccc(Nc2ncnc3cc(OC)c(NC(=O)C=CCN4C[C@@H]5OCCO[C@@H]5C4)cc23)c1. The number of anilines is 3. The molecule has 1 aromatic heterocycles. The molecule has 2 saturated heterocycles. The number of rotatable bonds is 7. The molecule has 2 aliphatic heterocycles. The molecule has 0 bridgehead atoms. The lowest BCUT2D eigenvalue weighted by Gasteiger charge is -2.24. The van der Waals surface area contributed by atoms with Crippen molar-refractivity contribution in [3.05, 3.63) is 60.4 Å². The number of hydrogen-bond acceptors (Lipinski definition) is 8. The Morgan fingerprint density at radius 3 is 2.78 bits per heavy atom. The molecule has 9 nitrogen and oxygen atoms in total. The number of hydrogen-bond donors (Lipinski definition) is 2. The molecule has 5 rings (SSSR count). The molecule has 2 fully saturated rings. The zero-order valence-electron chi connectivity index (χ0n) is 19.9. The molecule has 2 atom stereocenters. The fourth-order valence-corrected chi connectivity index (χ4v) is 4.44. The van der Waals surface area contributed by atoms with Crippen LogP contribution in [0, 0.1) is 12.3 Å². The van der Waals surface area contributed by atoms with E-state index in [9.17, 15) is 4.79 Å². The highest BCUT2D eigenvalue weighted by atomic mass is 16.6. The molecule has 3 aromatic rings. The van der Waals surface area contributed by atoms with E-state index < -0.39 is 0 Å². The standard InChI is InChI=1S/C27H27N5O4/c1-3-18-6-4-7-19(12-18)30-27-20-13-22(23(34-2)14-21(20)28-17-29-27)31-26(33)8-5-9-32-15-24-25(16-32)36-11-10-35-24/h1,4-8,12-14,17,24-25H,9-11,15-16H2,2H3,(H,31,33)(H,28,29,30)/t24-,25+. The van der Waals surface area contributed by atoms with Crippen LogP contribution in [0.25, 0.3) is 10.9 Å². The normalized spacial score (nSPS) is 19.7. The van der Waals surface area contributed by atoms with Gasteiger partial charge < -0.3 is 24.8 Å². The molecule has 0 aliphatic carbocycles. The van der Waals surface area contributed by atoms with Gasteiger partial charge in [-0.25, -0.2) is 9.97 Å². The molecule has 0 unspecified atom stereocenters. The Balaban J connectivity index is 1.30. The first kappa shape index (κ1) is 23.8. The topological polar surface area (TPSA) is 97.8 Å². The van der Waals surface area contributed by atoms with Crippen molar-refractivity contribution in [3.63, 3.8) is 0 Å². The molecule has 2 aliphatic rings. The van der Waals surface area contributed by atoms with Crippen molar-refractivity contribution in [2.45, 2.75) is 12.2 Å². The number of amides is 1. The van der Waals surface area contributed by atoms with Gasteiger partial charge in [0, 0.05) is 48.4 Å². The third-order valence-electron chi connectivity index (χ3n) is 6.18. The Morgan fingerprint density at radius 2 is 2.03 bits per heavy atom. The second-order valence-corrected chi connectivity index (χ2v) is 8.57. The number of carbonyl (C=O) groups excluding carboxylic acids is 1. The summed E-state index contributed by atoms with van der Waals surface area (Å²) < 4.78 is 17.0. The smallest absolute Gasteiger partial charge is 0.248 e. The number of nitrogens with zero attached hydrogens (tertiary/aromatic N) is 3. The summed E-state index contributed by atoms with van der Waals surface area (Å²) in [5.41, 5.74) is 2.75. The van der Waals surface area contributed by atoms with Crippen molar-refractivity contribution in [3.8, 4) is 18.1 Å². The molecule has 184 valence electrons. The first-order valence-electron chi connectivity index (χ1n) is 11.7. The van der Waals surface area contributed by atoms with E-state index in [4.69, 9.17) is 20.6 Å². The lowest BCUT2D eigenvalue weighted by molar-refractivity contribution is -0.116. The fourth-order valence-electron chi connectivity index (χ4n) is 4.44. The van der Waals surface area contributed by atoms with Crippen LogP contribution < -0.4 is 15.4 Å². The summed E-state index contributed by atoms with van der Waals surface area (Å²) in [4.78, 5) is 23.7. The second kappa shape index (κ2) is 10.7. The van der Waals surface area contributed by atoms with Gasteiger partial charge in [-0.05, 0) is 24.3 Å². The van der Waals surface area contributed by atoms with Gasteiger partial charge in [-0.2, -0.15) is 0 Å². The fraction of sp³-hybridized carbons (Fsp3) is 0.296. The molecule has 3 heterocycles. The van der Waals surface area contributed by atoms with Crippen molar-refractivity contribution < 1.29 is 19.0 Å². The van der Waals surface area contributed by atoms with Gasteiger partial charge in [0.25, 0.3) is 0 Å². The molecule has 0 saturated carbocycles. The Morgan fingerprint density at radius 1 is 1.22 bits per heavy atom. The number of likely N-dealkylation sites (tertiary alicyclic amines) is 1. The van der Waals surface area contributed by atoms with Crippen LogP contribution in [0.1, 0.15) is 5.56 Å². The summed E-state index contributed by atoms with van der Waals surface area (Å²) in [7, 11) is 1.55. The molecule has 1 amide bonds. The summed E-state index contributed by atoms with van der Waals surface area (Å²) in [6, 6.07) is 11.1. The maximum absolute atomic E-state index is 12.7. The number of terminal acetylenes is 1. The molecular formula is C27H27N5O4. The minimum absolute atomic E-state index is 0.113. The van der Waals surface area contributed by atoms with Crippen molar-refractivity contribution in [1.82, 2.24) is 14.9 Å². The van der Waals surface area contributed by atoms with Gasteiger partial charge in [-0.1, -0.05) is 18.1 Å². The van der Waals surface area contributed by atoms with E-state index in [-0.39, 0.29) is 18.1 Å². The summed E-state index contributed by atoms with van der Waals surface area (Å²) in [6.07, 6.45) is 10.6. The minimum Gasteiger partial charge on any atom is -0.494 e. The van der Waals surface area contributed by atoms with E-state index in [2.05, 4.69) is 31.4 Å². The zero-order chi connectivity index (χ0) is 24.9. The minimum atomic E-state index is -0.259. The Labute approximate surface area is 209 Å². The van der Waals surface area contributed by atoms with Crippen molar-refractivity contribution in [2.75, 3.05) is 50.6 Å². The molecule has 0 radical (unpaired) electrons.